The highest BCUT2D eigenvalue weighted by atomic mass is 35.5. The van der Waals surface area contributed by atoms with Crippen molar-refractivity contribution in [2.24, 2.45) is 0 Å². The summed E-state index contributed by atoms with van der Waals surface area (Å²) in [6.07, 6.45) is 0.925. The van der Waals surface area contributed by atoms with Crippen LogP contribution in [-0.4, -0.2) is 50.9 Å². The van der Waals surface area contributed by atoms with Crippen LogP contribution in [0.5, 0.6) is 5.75 Å². The fraction of sp³-hybridized carbons (Fsp3) is 0.278. The molecule has 0 aliphatic rings. The van der Waals surface area contributed by atoms with Gasteiger partial charge in [-0.05, 0) is 79.9 Å². The van der Waals surface area contributed by atoms with Crippen molar-refractivity contribution in [1.29, 1.82) is 0 Å². The number of methoxy groups -OCH3 is 1. The number of hydrogen-bond acceptors (Lipinski definition) is 5. The number of ether oxygens (including phenoxy) is 1. The van der Waals surface area contributed by atoms with E-state index in [0.29, 0.717) is 22.8 Å². The molecule has 0 saturated carbocycles. The van der Waals surface area contributed by atoms with Crippen LogP contribution in [0.1, 0.15) is 37.0 Å². The van der Waals surface area contributed by atoms with Crippen molar-refractivity contribution in [2.45, 2.75) is 57.1 Å². The van der Waals surface area contributed by atoms with Gasteiger partial charge in [-0.15, -0.1) is 0 Å². The minimum absolute atomic E-state index is 0.0336. The first-order valence-electron chi connectivity index (χ1n) is 15.1. The average molecular weight is 662 g/mol. The Hall–Kier alpha value is -4.34. The third-order valence-electron chi connectivity index (χ3n) is 7.76. The maximum atomic E-state index is 14.5. The molecular formula is C36H40ClN3O5S. The number of anilines is 1. The number of amides is 2. The summed E-state index contributed by atoms with van der Waals surface area (Å²) in [5.41, 5.74) is 2.73. The van der Waals surface area contributed by atoms with Crippen molar-refractivity contribution in [2.75, 3.05) is 18.0 Å². The van der Waals surface area contributed by atoms with E-state index in [1.807, 2.05) is 57.2 Å². The Labute approximate surface area is 277 Å². The van der Waals surface area contributed by atoms with Gasteiger partial charge < -0.3 is 15.0 Å². The van der Waals surface area contributed by atoms with Gasteiger partial charge in [-0.25, -0.2) is 8.42 Å². The predicted octanol–water partition coefficient (Wildman–Crippen LogP) is 6.41. The summed E-state index contributed by atoms with van der Waals surface area (Å²) in [7, 11) is -2.68. The van der Waals surface area contributed by atoms with Gasteiger partial charge >= 0.3 is 0 Å². The van der Waals surface area contributed by atoms with Gasteiger partial charge in [-0.2, -0.15) is 0 Å². The Morgan fingerprint density at radius 1 is 0.891 bits per heavy atom. The Balaban J connectivity index is 1.81. The number of aryl methyl sites for hydroxylation is 1. The lowest BCUT2D eigenvalue weighted by molar-refractivity contribution is -0.140. The Bertz CT molecular complexity index is 1720. The lowest BCUT2D eigenvalue weighted by atomic mass is 10.0. The summed E-state index contributed by atoms with van der Waals surface area (Å²) >= 11 is 6.31. The highest BCUT2D eigenvalue weighted by Gasteiger charge is 2.35. The second-order valence-electron chi connectivity index (χ2n) is 11.2. The first kappa shape index (κ1) is 34.5. The summed E-state index contributed by atoms with van der Waals surface area (Å²) in [6.45, 7) is 5.22. The molecule has 0 heterocycles. The largest absolute Gasteiger partial charge is 0.497 e. The van der Waals surface area contributed by atoms with Crippen LogP contribution in [0.4, 0.5) is 5.69 Å². The lowest BCUT2D eigenvalue weighted by Gasteiger charge is -2.34. The maximum Gasteiger partial charge on any atom is 0.264 e. The van der Waals surface area contributed by atoms with E-state index < -0.39 is 28.5 Å². The molecule has 8 nitrogen and oxygen atoms in total. The molecular weight excluding hydrogens is 622 g/mol. The van der Waals surface area contributed by atoms with E-state index in [-0.39, 0.29) is 35.5 Å². The van der Waals surface area contributed by atoms with Gasteiger partial charge in [-0.1, -0.05) is 78.7 Å². The van der Waals surface area contributed by atoms with E-state index in [1.54, 1.807) is 54.6 Å². The van der Waals surface area contributed by atoms with Crippen LogP contribution < -0.4 is 14.4 Å². The van der Waals surface area contributed by atoms with Crippen LogP contribution in [-0.2, 0) is 32.6 Å². The second kappa shape index (κ2) is 15.8. The summed E-state index contributed by atoms with van der Waals surface area (Å²) in [6, 6.07) is 28.3. The van der Waals surface area contributed by atoms with Gasteiger partial charge in [0.05, 0.1) is 17.7 Å². The quantitative estimate of drug-likeness (QED) is 0.169. The van der Waals surface area contributed by atoms with Crippen molar-refractivity contribution in [3.05, 3.63) is 125 Å². The number of nitrogens with one attached hydrogen (secondary N) is 1. The molecule has 1 N–H and O–H groups in total. The molecule has 4 aromatic carbocycles. The van der Waals surface area contributed by atoms with Crippen molar-refractivity contribution >= 4 is 39.1 Å². The number of carbonyl (C=O) groups excluding carboxylic acids is 2. The van der Waals surface area contributed by atoms with Crippen molar-refractivity contribution in [1.82, 2.24) is 10.2 Å². The first-order valence-corrected chi connectivity index (χ1v) is 16.9. The van der Waals surface area contributed by atoms with Crippen molar-refractivity contribution in [3.8, 4) is 5.75 Å². The van der Waals surface area contributed by atoms with Crippen LogP contribution in [0, 0.1) is 6.92 Å². The van der Waals surface area contributed by atoms with Gasteiger partial charge in [0.25, 0.3) is 10.0 Å². The summed E-state index contributed by atoms with van der Waals surface area (Å²) in [5, 5.41) is 3.52. The smallest absolute Gasteiger partial charge is 0.264 e. The topological polar surface area (TPSA) is 96.0 Å². The van der Waals surface area contributed by atoms with Gasteiger partial charge in [0.15, 0.2) is 0 Å². The fourth-order valence-electron chi connectivity index (χ4n) is 4.94. The van der Waals surface area contributed by atoms with Gasteiger partial charge in [0.1, 0.15) is 18.3 Å². The first-order chi connectivity index (χ1) is 22.0. The Morgan fingerprint density at radius 3 is 2.15 bits per heavy atom. The predicted molar refractivity (Wildman–Crippen MR) is 183 cm³/mol. The molecule has 0 fully saturated rings. The zero-order chi connectivity index (χ0) is 33.3. The van der Waals surface area contributed by atoms with Gasteiger partial charge in [-0.3, -0.25) is 13.9 Å². The van der Waals surface area contributed by atoms with Crippen molar-refractivity contribution in [3.63, 3.8) is 0 Å². The minimum Gasteiger partial charge on any atom is -0.497 e. The monoisotopic (exact) mass is 661 g/mol. The van der Waals surface area contributed by atoms with Crippen LogP contribution in [0.2, 0.25) is 5.02 Å². The van der Waals surface area contributed by atoms with Gasteiger partial charge in [0.2, 0.25) is 11.8 Å². The summed E-state index contributed by atoms with van der Waals surface area (Å²) in [4.78, 5) is 30.0. The number of benzene rings is 4. The number of rotatable bonds is 14. The number of halogens is 1. The molecule has 2 atom stereocenters. The SMILES string of the molecule is CCC(C)NC(=O)C(Cc1ccccc1)N(Cc1cccc(Cl)c1)C(=O)CN(c1ccc(OC)cc1)S(=O)(=O)c1ccc(C)cc1. The van der Waals surface area contributed by atoms with Crippen LogP contribution >= 0.6 is 11.6 Å². The normalized spacial score (nSPS) is 12.5. The molecule has 0 radical (unpaired) electrons. The molecule has 0 bridgehead atoms. The third-order valence-corrected chi connectivity index (χ3v) is 9.79. The number of carbonyl (C=O) groups is 2. The van der Waals surface area contributed by atoms with Crippen LogP contribution in [0.15, 0.2) is 108 Å². The molecule has 0 aromatic heterocycles. The van der Waals surface area contributed by atoms with Crippen LogP contribution in [0.25, 0.3) is 0 Å². The molecule has 46 heavy (non-hydrogen) atoms. The van der Waals surface area contributed by atoms with E-state index in [9.17, 15) is 18.0 Å². The summed E-state index contributed by atoms with van der Waals surface area (Å²) in [5.74, 6) is -0.340. The molecule has 10 heteroatoms. The zero-order valence-corrected chi connectivity index (χ0v) is 28.1. The molecule has 0 aliphatic carbocycles. The van der Waals surface area contributed by atoms with Crippen LogP contribution in [0.3, 0.4) is 0 Å². The molecule has 2 amide bonds. The van der Waals surface area contributed by atoms with E-state index in [4.69, 9.17) is 16.3 Å². The van der Waals surface area contributed by atoms with Crippen molar-refractivity contribution < 1.29 is 22.7 Å². The Morgan fingerprint density at radius 2 is 1.54 bits per heavy atom. The molecule has 0 saturated heterocycles. The average Bonchev–Trinajstić information content (AvgIpc) is 3.05. The van der Waals surface area contributed by atoms with E-state index >= 15 is 0 Å². The number of hydrogen-bond donors (Lipinski definition) is 1. The standard InChI is InChI=1S/C36H40ClN3O5S/c1-5-27(3)38-36(42)34(23-28-10-7-6-8-11-28)39(24-29-12-9-13-30(37)22-29)35(41)25-40(31-16-18-32(45-4)19-17-31)46(43,44)33-20-14-26(2)15-21-33/h6-22,27,34H,5,23-25H2,1-4H3,(H,38,42). The summed E-state index contributed by atoms with van der Waals surface area (Å²) < 4.78 is 34.7. The highest BCUT2D eigenvalue weighted by Crippen LogP contribution is 2.27. The fourth-order valence-corrected chi connectivity index (χ4v) is 6.57. The molecule has 242 valence electrons. The number of nitrogens with zero attached hydrogens (tertiary/aromatic N) is 2. The molecule has 0 spiro atoms. The highest BCUT2D eigenvalue weighted by molar-refractivity contribution is 7.92. The lowest BCUT2D eigenvalue weighted by Crippen LogP contribution is -2.54. The Kier molecular flexibility index (Phi) is 11.8. The molecule has 0 aliphatic heterocycles. The molecule has 4 rings (SSSR count). The van der Waals surface area contributed by atoms with E-state index in [2.05, 4.69) is 5.32 Å². The molecule has 4 aromatic rings. The third kappa shape index (κ3) is 8.89. The van der Waals surface area contributed by atoms with E-state index in [0.717, 1.165) is 15.4 Å². The maximum absolute atomic E-state index is 14.5. The minimum atomic E-state index is -4.20. The molecule has 2 unspecified atom stereocenters. The second-order valence-corrected chi connectivity index (χ2v) is 13.5. The zero-order valence-electron chi connectivity index (χ0n) is 26.5. The number of sulfonamides is 1. The van der Waals surface area contributed by atoms with E-state index in [1.165, 1.54) is 24.1 Å². The van der Waals surface area contributed by atoms with Gasteiger partial charge in [0, 0.05) is 24.0 Å².